The third kappa shape index (κ3) is 5.76. The Kier molecular flexibility index (Phi) is 6.09. The van der Waals surface area contributed by atoms with E-state index in [1.165, 1.54) is 5.01 Å². The summed E-state index contributed by atoms with van der Waals surface area (Å²) < 4.78 is 5.51. The molecule has 0 unspecified atom stereocenters. The molecule has 1 aromatic heterocycles. The third-order valence-corrected chi connectivity index (χ3v) is 5.21. The molecular formula is C16H25ClN2O2S. The molecule has 1 heterocycles. The maximum Gasteiger partial charge on any atom is 0.407 e. The van der Waals surface area contributed by atoms with Gasteiger partial charge in [-0.15, -0.1) is 22.9 Å². The van der Waals surface area contributed by atoms with Gasteiger partial charge in [-0.05, 0) is 52.4 Å². The summed E-state index contributed by atoms with van der Waals surface area (Å²) in [6, 6.07) is 0. The van der Waals surface area contributed by atoms with Crippen molar-refractivity contribution in [3.63, 3.8) is 0 Å². The maximum absolute atomic E-state index is 11.8. The monoisotopic (exact) mass is 344 g/mol. The molecule has 1 aliphatic rings. The number of hydrogen-bond acceptors (Lipinski definition) is 4. The van der Waals surface area contributed by atoms with Crippen LogP contribution in [0.25, 0.3) is 0 Å². The Hall–Kier alpha value is -0.810. The predicted octanol–water partition coefficient (Wildman–Crippen LogP) is 4.51. The van der Waals surface area contributed by atoms with Crippen LogP contribution < -0.4 is 5.32 Å². The molecule has 0 saturated heterocycles. The minimum absolute atomic E-state index is 0.0493. The second-order valence-electron chi connectivity index (χ2n) is 6.98. The number of thiazole rings is 1. The number of nitrogens with one attached hydrogen (secondary N) is 1. The van der Waals surface area contributed by atoms with Crippen LogP contribution in [0.2, 0.25) is 0 Å². The van der Waals surface area contributed by atoms with Crippen LogP contribution in [0, 0.1) is 5.92 Å². The highest BCUT2D eigenvalue weighted by molar-refractivity contribution is 7.11. The summed E-state index contributed by atoms with van der Waals surface area (Å²) >= 11 is 7.52. The van der Waals surface area contributed by atoms with Crippen molar-refractivity contribution in [3.05, 3.63) is 16.1 Å². The quantitative estimate of drug-likeness (QED) is 0.817. The Labute approximate surface area is 141 Å². The van der Waals surface area contributed by atoms with Crippen molar-refractivity contribution in [1.82, 2.24) is 10.3 Å². The molecule has 1 saturated carbocycles. The topological polar surface area (TPSA) is 51.2 Å². The van der Waals surface area contributed by atoms with E-state index < -0.39 is 0 Å². The fraction of sp³-hybridized carbons (Fsp3) is 0.750. The molecule has 0 aliphatic heterocycles. The highest BCUT2D eigenvalue weighted by Gasteiger charge is 2.26. The number of rotatable bonds is 4. The summed E-state index contributed by atoms with van der Waals surface area (Å²) in [6.07, 6.45) is 6.69. The van der Waals surface area contributed by atoms with Crippen LogP contribution in [-0.4, -0.2) is 22.7 Å². The predicted molar refractivity (Wildman–Crippen MR) is 90.5 cm³/mol. The second kappa shape index (κ2) is 7.64. The summed E-state index contributed by atoms with van der Waals surface area (Å²) in [5.41, 5.74) is -0.251. The number of alkyl carbamates (subject to hydrolysis) is 1. The van der Waals surface area contributed by atoms with Crippen molar-refractivity contribution in [1.29, 1.82) is 0 Å². The smallest absolute Gasteiger partial charge is 0.407 e. The molecular weight excluding hydrogens is 320 g/mol. The van der Waals surface area contributed by atoms with Crippen molar-refractivity contribution < 1.29 is 9.53 Å². The molecule has 1 amide bonds. The Balaban J connectivity index is 1.72. The number of halogens is 1. The van der Waals surface area contributed by atoms with Gasteiger partial charge < -0.3 is 10.1 Å². The van der Waals surface area contributed by atoms with E-state index in [0.29, 0.717) is 11.8 Å². The number of ether oxygens (including phenoxy) is 1. The SMILES string of the molecule is CC(C)(C)NC(=O)OC1CCC(Cc2ncc(CCl)s2)CC1. The molecule has 0 spiro atoms. The molecule has 0 radical (unpaired) electrons. The minimum Gasteiger partial charge on any atom is -0.446 e. The number of aromatic nitrogens is 1. The molecule has 0 aromatic carbocycles. The lowest BCUT2D eigenvalue weighted by Gasteiger charge is -2.29. The summed E-state index contributed by atoms with van der Waals surface area (Å²) in [4.78, 5) is 17.3. The highest BCUT2D eigenvalue weighted by atomic mass is 35.5. The van der Waals surface area contributed by atoms with E-state index in [-0.39, 0.29) is 17.7 Å². The van der Waals surface area contributed by atoms with Crippen LogP contribution in [-0.2, 0) is 17.0 Å². The Morgan fingerprint density at radius 3 is 2.64 bits per heavy atom. The normalized spacial score (nSPS) is 22.4. The van der Waals surface area contributed by atoms with Crippen LogP contribution in [0.15, 0.2) is 6.20 Å². The molecule has 1 aliphatic carbocycles. The van der Waals surface area contributed by atoms with Crippen molar-refractivity contribution in [3.8, 4) is 0 Å². The molecule has 1 N–H and O–H groups in total. The molecule has 0 atom stereocenters. The van der Waals surface area contributed by atoms with Gasteiger partial charge in [-0.25, -0.2) is 9.78 Å². The van der Waals surface area contributed by atoms with Gasteiger partial charge in [0.2, 0.25) is 0 Å². The number of carbonyl (C=O) groups is 1. The number of alkyl halides is 1. The van der Waals surface area contributed by atoms with Gasteiger partial charge in [-0.1, -0.05) is 0 Å². The molecule has 1 aromatic rings. The first-order chi connectivity index (χ1) is 10.4. The number of nitrogens with zero attached hydrogens (tertiary/aromatic N) is 1. The molecule has 1 fully saturated rings. The van der Waals surface area contributed by atoms with Crippen LogP contribution in [0.3, 0.4) is 0 Å². The highest BCUT2D eigenvalue weighted by Crippen LogP contribution is 2.30. The van der Waals surface area contributed by atoms with Gasteiger partial charge in [0.1, 0.15) is 6.10 Å². The molecule has 4 nitrogen and oxygen atoms in total. The van der Waals surface area contributed by atoms with Crippen molar-refractivity contribution in [2.45, 2.75) is 70.4 Å². The van der Waals surface area contributed by atoms with Crippen LogP contribution >= 0.6 is 22.9 Å². The van der Waals surface area contributed by atoms with E-state index in [9.17, 15) is 4.79 Å². The molecule has 0 bridgehead atoms. The molecule has 2 rings (SSSR count). The van der Waals surface area contributed by atoms with Gasteiger partial charge in [0, 0.05) is 23.0 Å². The summed E-state index contributed by atoms with van der Waals surface area (Å²) in [7, 11) is 0. The van der Waals surface area contributed by atoms with Crippen molar-refractivity contribution in [2.75, 3.05) is 0 Å². The van der Waals surface area contributed by atoms with E-state index in [0.717, 1.165) is 37.0 Å². The lowest BCUT2D eigenvalue weighted by molar-refractivity contribution is 0.0598. The zero-order valence-corrected chi connectivity index (χ0v) is 15.1. The lowest BCUT2D eigenvalue weighted by Crippen LogP contribution is -2.42. The molecule has 6 heteroatoms. The van der Waals surface area contributed by atoms with Gasteiger partial charge in [0.15, 0.2) is 0 Å². The van der Waals surface area contributed by atoms with Crippen LogP contribution in [0.1, 0.15) is 56.3 Å². The van der Waals surface area contributed by atoms with Crippen molar-refractivity contribution >= 4 is 29.0 Å². The average molecular weight is 345 g/mol. The summed E-state index contributed by atoms with van der Waals surface area (Å²) in [6.45, 7) is 5.86. The fourth-order valence-corrected chi connectivity index (χ4v) is 3.81. The summed E-state index contributed by atoms with van der Waals surface area (Å²) in [5, 5.41) is 4.02. The van der Waals surface area contributed by atoms with Gasteiger partial charge >= 0.3 is 6.09 Å². The first-order valence-corrected chi connectivity index (χ1v) is 9.19. The van der Waals surface area contributed by atoms with E-state index in [2.05, 4.69) is 10.3 Å². The Bertz CT molecular complexity index is 491. The van der Waals surface area contributed by atoms with Crippen LogP contribution in [0.4, 0.5) is 4.79 Å². The number of amides is 1. The van der Waals surface area contributed by atoms with Gasteiger partial charge in [-0.3, -0.25) is 0 Å². The standard InChI is InChI=1S/C16H25ClN2O2S/c1-16(2,3)19-15(20)21-12-6-4-11(5-7-12)8-14-18-10-13(9-17)22-14/h10-12H,4-9H2,1-3H3,(H,19,20). The van der Waals surface area contributed by atoms with Crippen LogP contribution in [0.5, 0.6) is 0 Å². The lowest BCUT2D eigenvalue weighted by atomic mass is 9.85. The summed E-state index contributed by atoms with van der Waals surface area (Å²) in [5.74, 6) is 1.18. The number of hydrogen-bond donors (Lipinski definition) is 1. The van der Waals surface area contributed by atoms with E-state index in [4.69, 9.17) is 16.3 Å². The molecule has 124 valence electrons. The number of carbonyl (C=O) groups excluding carboxylic acids is 1. The van der Waals surface area contributed by atoms with Gasteiger partial charge in [-0.2, -0.15) is 0 Å². The van der Waals surface area contributed by atoms with E-state index in [1.54, 1.807) is 11.3 Å². The zero-order chi connectivity index (χ0) is 16.2. The second-order valence-corrected chi connectivity index (χ2v) is 8.45. The Morgan fingerprint density at radius 2 is 2.09 bits per heavy atom. The first kappa shape index (κ1) is 17.5. The largest absolute Gasteiger partial charge is 0.446 e. The fourth-order valence-electron chi connectivity index (χ4n) is 2.69. The van der Waals surface area contributed by atoms with E-state index >= 15 is 0 Å². The van der Waals surface area contributed by atoms with Gasteiger partial charge in [0.05, 0.1) is 10.9 Å². The zero-order valence-electron chi connectivity index (χ0n) is 13.5. The first-order valence-electron chi connectivity index (χ1n) is 7.84. The average Bonchev–Trinajstić information content (AvgIpc) is 2.86. The molecule has 22 heavy (non-hydrogen) atoms. The Morgan fingerprint density at radius 1 is 1.41 bits per heavy atom. The third-order valence-electron chi connectivity index (χ3n) is 3.74. The van der Waals surface area contributed by atoms with Gasteiger partial charge in [0.25, 0.3) is 0 Å². The minimum atomic E-state index is -0.303. The van der Waals surface area contributed by atoms with Crippen molar-refractivity contribution in [2.24, 2.45) is 5.92 Å². The van der Waals surface area contributed by atoms with E-state index in [1.807, 2.05) is 27.0 Å². The maximum atomic E-state index is 11.8.